The Bertz CT molecular complexity index is 937. The lowest BCUT2D eigenvalue weighted by atomic mass is 10.0. The number of hydrogen-bond acceptors (Lipinski definition) is 4. The van der Waals surface area contributed by atoms with E-state index in [-0.39, 0.29) is 17.9 Å². The van der Waals surface area contributed by atoms with Gasteiger partial charge < -0.3 is 14.8 Å². The third-order valence-corrected chi connectivity index (χ3v) is 8.13. The summed E-state index contributed by atoms with van der Waals surface area (Å²) in [6.45, 7) is 3.96. The van der Waals surface area contributed by atoms with Crippen LogP contribution in [0.15, 0.2) is 30.5 Å². The van der Waals surface area contributed by atoms with Crippen LogP contribution in [-0.2, 0) is 4.79 Å². The average Bonchev–Trinajstić information content (AvgIpc) is 3.38. The van der Waals surface area contributed by atoms with Gasteiger partial charge in [0.15, 0.2) is 0 Å². The molecule has 0 radical (unpaired) electrons. The Kier molecular flexibility index (Phi) is 6.23. The van der Waals surface area contributed by atoms with E-state index in [1.807, 2.05) is 29.2 Å². The third-order valence-electron chi connectivity index (χ3n) is 7.11. The standard InChI is InChI=1S/C24H32N4O2S/c29-23(20-14-25-21-10-4-3-9-19(20)21)28-17-31-16-22(28)24(30)27-13-7-8-18(15-27)26-11-5-1-2-6-12-26/h3-4,9-10,14,18,22,25H,1-2,5-8,11-13,15-17H2. The molecule has 2 unspecified atom stereocenters. The van der Waals surface area contributed by atoms with Crippen molar-refractivity contribution in [2.24, 2.45) is 0 Å². The van der Waals surface area contributed by atoms with Crippen molar-refractivity contribution in [3.63, 3.8) is 0 Å². The Balaban J connectivity index is 1.29. The minimum atomic E-state index is -0.353. The number of nitrogens with one attached hydrogen (secondary N) is 1. The van der Waals surface area contributed by atoms with Crippen molar-refractivity contribution >= 4 is 34.5 Å². The van der Waals surface area contributed by atoms with Crippen LogP contribution in [-0.4, -0.2) is 81.4 Å². The van der Waals surface area contributed by atoms with Crippen molar-refractivity contribution in [1.82, 2.24) is 19.7 Å². The first kappa shape index (κ1) is 20.9. The molecule has 1 N–H and O–H groups in total. The number of amides is 2. The number of aromatic nitrogens is 1. The van der Waals surface area contributed by atoms with Crippen LogP contribution < -0.4 is 0 Å². The molecule has 4 heterocycles. The molecule has 0 aliphatic carbocycles. The molecule has 1 aromatic heterocycles. The van der Waals surface area contributed by atoms with Gasteiger partial charge in [-0.1, -0.05) is 31.0 Å². The number of nitrogens with zero attached hydrogens (tertiary/aromatic N) is 3. The summed E-state index contributed by atoms with van der Waals surface area (Å²) < 4.78 is 0. The number of benzene rings is 1. The lowest BCUT2D eigenvalue weighted by Crippen LogP contribution is -2.55. The fraction of sp³-hybridized carbons (Fsp3) is 0.583. The van der Waals surface area contributed by atoms with E-state index in [9.17, 15) is 9.59 Å². The SMILES string of the molecule is O=C(C1CSCN1C(=O)c1c[nH]c2ccccc12)N1CCCC(N2CCCCCC2)C1. The van der Waals surface area contributed by atoms with Gasteiger partial charge in [-0.3, -0.25) is 14.5 Å². The number of thioether (sulfide) groups is 1. The van der Waals surface area contributed by atoms with Gasteiger partial charge in [0.1, 0.15) is 6.04 Å². The van der Waals surface area contributed by atoms with Crippen molar-refractivity contribution in [2.75, 3.05) is 37.8 Å². The van der Waals surface area contributed by atoms with Gasteiger partial charge in [0, 0.05) is 42.0 Å². The lowest BCUT2D eigenvalue weighted by Gasteiger charge is -2.40. The van der Waals surface area contributed by atoms with Crippen LogP contribution in [0.1, 0.15) is 48.9 Å². The highest BCUT2D eigenvalue weighted by Crippen LogP contribution is 2.29. The normalized spacial score (nSPS) is 25.7. The van der Waals surface area contributed by atoms with Gasteiger partial charge in [-0.2, -0.15) is 0 Å². The van der Waals surface area contributed by atoms with Gasteiger partial charge >= 0.3 is 0 Å². The summed E-state index contributed by atoms with van der Waals surface area (Å²) >= 11 is 1.68. The van der Waals surface area contributed by atoms with Crippen LogP contribution in [0.25, 0.3) is 10.9 Å². The fourth-order valence-corrected chi connectivity index (χ4v) is 6.52. The zero-order valence-corrected chi connectivity index (χ0v) is 18.9. The summed E-state index contributed by atoms with van der Waals surface area (Å²) in [5.74, 6) is 1.37. The van der Waals surface area contributed by atoms with E-state index in [1.165, 1.54) is 32.1 Å². The second-order valence-electron chi connectivity index (χ2n) is 9.07. The molecule has 3 saturated heterocycles. The average molecular weight is 441 g/mol. The summed E-state index contributed by atoms with van der Waals surface area (Å²) in [5.41, 5.74) is 1.62. The quantitative estimate of drug-likeness (QED) is 0.793. The largest absolute Gasteiger partial charge is 0.360 e. The third kappa shape index (κ3) is 4.22. The molecular weight excluding hydrogens is 408 g/mol. The maximum atomic E-state index is 13.5. The molecule has 31 heavy (non-hydrogen) atoms. The van der Waals surface area contributed by atoms with E-state index in [1.54, 1.807) is 22.9 Å². The van der Waals surface area contributed by atoms with Gasteiger partial charge in [0.25, 0.3) is 5.91 Å². The van der Waals surface area contributed by atoms with E-state index >= 15 is 0 Å². The fourth-order valence-electron chi connectivity index (χ4n) is 5.37. The van der Waals surface area contributed by atoms with Crippen molar-refractivity contribution < 1.29 is 9.59 Å². The Labute approximate surface area is 188 Å². The van der Waals surface area contributed by atoms with Crippen LogP contribution in [0.4, 0.5) is 0 Å². The number of H-pyrrole nitrogens is 1. The number of hydrogen-bond donors (Lipinski definition) is 1. The summed E-state index contributed by atoms with van der Waals surface area (Å²) in [7, 11) is 0. The number of carbonyl (C=O) groups is 2. The van der Waals surface area contributed by atoms with E-state index < -0.39 is 0 Å². The van der Waals surface area contributed by atoms with E-state index in [0.29, 0.717) is 23.2 Å². The highest BCUT2D eigenvalue weighted by molar-refractivity contribution is 7.99. The summed E-state index contributed by atoms with van der Waals surface area (Å²) in [6, 6.07) is 7.98. The first-order valence-electron chi connectivity index (χ1n) is 11.7. The van der Waals surface area contributed by atoms with Crippen LogP contribution in [0, 0.1) is 0 Å². The van der Waals surface area contributed by atoms with E-state index in [0.717, 1.165) is 43.5 Å². The zero-order chi connectivity index (χ0) is 21.2. The molecule has 2 atom stereocenters. The number of rotatable bonds is 3. The van der Waals surface area contributed by atoms with Crippen molar-refractivity contribution in [3.8, 4) is 0 Å². The van der Waals surface area contributed by atoms with Gasteiger partial charge in [-0.25, -0.2) is 0 Å². The summed E-state index contributed by atoms with van der Waals surface area (Å²) in [6.07, 6.45) is 9.23. The molecule has 2 amide bonds. The number of piperidine rings is 1. The molecule has 166 valence electrons. The predicted octanol–water partition coefficient (Wildman–Crippen LogP) is 3.55. The number of likely N-dealkylation sites (tertiary alicyclic amines) is 2. The number of para-hydroxylation sites is 1. The van der Waals surface area contributed by atoms with Crippen LogP contribution >= 0.6 is 11.8 Å². The van der Waals surface area contributed by atoms with E-state index in [2.05, 4.69) is 9.88 Å². The monoisotopic (exact) mass is 440 g/mol. The van der Waals surface area contributed by atoms with Gasteiger partial charge in [0.2, 0.25) is 5.91 Å². The molecule has 7 heteroatoms. The minimum absolute atomic E-state index is 0.0399. The molecule has 3 aliphatic heterocycles. The topological polar surface area (TPSA) is 59.7 Å². The van der Waals surface area contributed by atoms with Gasteiger partial charge in [0.05, 0.1) is 11.4 Å². The molecule has 6 nitrogen and oxygen atoms in total. The molecule has 0 saturated carbocycles. The van der Waals surface area contributed by atoms with Crippen LogP contribution in [0.5, 0.6) is 0 Å². The Hall–Kier alpha value is -1.99. The Morgan fingerprint density at radius 2 is 1.81 bits per heavy atom. The molecule has 0 spiro atoms. The summed E-state index contributed by atoms with van der Waals surface area (Å²) in [5, 5.41) is 0.926. The highest BCUT2D eigenvalue weighted by Gasteiger charge is 2.39. The molecule has 2 aromatic rings. The van der Waals surface area contributed by atoms with Crippen LogP contribution in [0.2, 0.25) is 0 Å². The molecule has 3 aliphatic rings. The lowest BCUT2D eigenvalue weighted by molar-refractivity contribution is -0.137. The second-order valence-corrected chi connectivity index (χ2v) is 10.1. The number of aromatic amines is 1. The number of carbonyl (C=O) groups excluding carboxylic acids is 2. The smallest absolute Gasteiger partial charge is 0.257 e. The molecule has 1 aromatic carbocycles. The summed E-state index contributed by atoms with van der Waals surface area (Å²) in [4.78, 5) is 36.6. The maximum Gasteiger partial charge on any atom is 0.257 e. The van der Waals surface area contributed by atoms with Crippen molar-refractivity contribution in [2.45, 2.75) is 50.6 Å². The van der Waals surface area contributed by atoms with Crippen molar-refractivity contribution in [3.05, 3.63) is 36.0 Å². The maximum absolute atomic E-state index is 13.5. The zero-order valence-electron chi connectivity index (χ0n) is 18.1. The number of fused-ring (bicyclic) bond motifs is 1. The Morgan fingerprint density at radius 3 is 2.65 bits per heavy atom. The van der Waals surface area contributed by atoms with Gasteiger partial charge in [-0.05, 0) is 44.8 Å². The second kappa shape index (κ2) is 9.25. The highest BCUT2D eigenvalue weighted by atomic mass is 32.2. The van der Waals surface area contributed by atoms with E-state index in [4.69, 9.17) is 0 Å². The molecule has 3 fully saturated rings. The Morgan fingerprint density at radius 1 is 1.00 bits per heavy atom. The first-order valence-corrected chi connectivity index (χ1v) is 12.9. The molecular formula is C24H32N4O2S. The first-order chi connectivity index (χ1) is 15.2. The van der Waals surface area contributed by atoms with Gasteiger partial charge in [-0.15, -0.1) is 11.8 Å². The molecule has 0 bridgehead atoms. The van der Waals surface area contributed by atoms with Crippen molar-refractivity contribution in [1.29, 1.82) is 0 Å². The van der Waals surface area contributed by atoms with Crippen LogP contribution in [0.3, 0.4) is 0 Å². The predicted molar refractivity (Wildman–Crippen MR) is 125 cm³/mol. The minimum Gasteiger partial charge on any atom is -0.360 e. The molecule has 5 rings (SSSR count).